The Morgan fingerprint density at radius 2 is 2.05 bits per heavy atom. The van der Waals surface area contributed by atoms with Gasteiger partial charge in [-0.2, -0.15) is 0 Å². The molecule has 116 valence electrons. The minimum absolute atomic E-state index is 0.0387. The Morgan fingerprint density at radius 3 is 2.68 bits per heavy atom. The zero-order valence-corrected chi connectivity index (χ0v) is 12.2. The highest BCUT2D eigenvalue weighted by Crippen LogP contribution is 2.10. The van der Waals surface area contributed by atoms with E-state index in [1.807, 2.05) is 30.3 Å². The monoisotopic (exact) mass is 303 g/mol. The van der Waals surface area contributed by atoms with E-state index in [1.54, 1.807) is 17.8 Å². The Morgan fingerprint density at radius 1 is 1.32 bits per heavy atom. The summed E-state index contributed by atoms with van der Waals surface area (Å²) in [6.45, 7) is 2.31. The Hall–Kier alpha value is -2.70. The number of carbonyl (C=O) groups is 2. The molecule has 1 aromatic heterocycles. The van der Waals surface area contributed by atoms with Gasteiger partial charge in [-0.25, -0.2) is 4.68 Å². The van der Waals surface area contributed by atoms with Crippen LogP contribution < -0.4 is 0 Å². The van der Waals surface area contributed by atoms with E-state index in [1.165, 1.54) is 0 Å². The van der Waals surface area contributed by atoms with E-state index in [0.717, 1.165) is 5.56 Å². The van der Waals surface area contributed by atoms with Crippen LogP contribution in [0.4, 0.5) is 0 Å². The van der Waals surface area contributed by atoms with Crippen molar-refractivity contribution in [3.05, 3.63) is 47.8 Å². The highest BCUT2D eigenvalue weighted by atomic mass is 16.5. The van der Waals surface area contributed by atoms with Crippen LogP contribution in [-0.2, 0) is 27.3 Å². The molecule has 0 saturated heterocycles. The van der Waals surface area contributed by atoms with Crippen molar-refractivity contribution in [3.63, 3.8) is 0 Å². The largest absolute Gasteiger partial charge is 0.481 e. The van der Waals surface area contributed by atoms with Gasteiger partial charge in [-0.15, -0.1) is 5.10 Å². The van der Waals surface area contributed by atoms with Crippen molar-refractivity contribution >= 4 is 11.9 Å². The molecule has 0 saturated carbocycles. The second kappa shape index (κ2) is 7.35. The van der Waals surface area contributed by atoms with E-state index in [-0.39, 0.29) is 13.0 Å². The molecule has 0 spiro atoms. The van der Waals surface area contributed by atoms with Gasteiger partial charge in [0.1, 0.15) is 0 Å². The molecule has 1 aromatic carbocycles. The minimum atomic E-state index is -1.26. The second-order valence-corrected chi connectivity index (χ2v) is 4.74. The molecule has 2 rings (SSSR count). The molecule has 2 aromatic rings. The van der Waals surface area contributed by atoms with Crippen LogP contribution in [0.2, 0.25) is 0 Å². The maximum absolute atomic E-state index is 11.6. The average molecular weight is 303 g/mol. The van der Waals surface area contributed by atoms with Gasteiger partial charge in [0.05, 0.1) is 18.8 Å². The van der Waals surface area contributed by atoms with Crippen molar-refractivity contribution in [2.24, 2.45) is 5.92 Å². The number of rotatable bonds is 7. The van der Waals surface area contributed by atoms with E-state index in [4.69, 9.17) is 9.84 Å². The summed E-state index contributed by atoms with van der Waals surface area (Å²) in [6.07, 6.45) is 1.60. The van der Waals surface area contributed by atoms with Gasteiger partial charge >= 0.3 is 11.9 Å². The number of hydrogen-bond donors (Lipinski definition) is 1. The fraction of sp³-hybridized carbons (Fsp3) is 0.333. The topological polar surface area (TPSA) is 94.3 Å². The third-order valence-electron chi connectivity index (χ3n) is 3.06. The lowest BCUT2D eigenvalue weighted by Crippen LogP contribution is -2.28. The van der Waals surface area contributed by atoms with Crippen LogP contribution in [-0.4, -0.2) is 38.6 Å². The van der Waals surface area contributed by atoms with Crippen LogP contribution in [0.5, 0.6) is 0 Å². The zero-order valence-electron chi connectivity index (χ0n) is 12.2. The SMILES string of the molecule is CCOC(=O)C(Cc1cn(Cc2ccccc2)nn1)C(=O)O. The van der Waals surface area contributed by atoms with Gasteiger partial charge in [0.15, 0.2) is 5.92 Å². The zero-order chi connectivity index (χ0) is 15.9. The summed E-state index contributed by atoms with van der Waals surface area (Å²) in [7, 11) is 0. The molecule has 1 unspecified atom stereocenters. The second-order valence-electron chi connectivity index (χ2n) is 4.74. The van der Waals surface area contributed by atoms with Crippen LogP contribution in [0.25, 0.3) is 0 Å². The maximum Gasteiger partial charge on any atom is 0.320 e. The van der Waals surface area contributed by atoms with Gasteiger partial charge in [0.25, 0.3) is 0 Å². The van der Waals surface area contributed by atoms with Crippen molar-refractivity contribution in [2.45, 2.75) is 19.9 Å². The van der Waals surface area contributed by atoms with Gasteiger partial charge < -0.3 is 9.84 Å². The van der Waals surface area contributed by atoms with Gasteiger partial charge in [0.2, 0.25) is 0 Å². The van der Waals surface area contributed by atoms with E-state index in [0.29, 0.717) is 12.2 Å². The molecule has 7 nitrogen and oxygen atoms in total. The first-order valence-corrected chi connectivity index (χ1v) is 6.92. The van der Waals surface area contributed by atoms with Gasteiger partial charge in [-0.3, -0.25) is 9.59 Å². The number of carboxylic acid groups (broad SMARTS) is 1. The predicted octanol–water partition coefficient (Wildman–Crippen LogP) is 1.13. The fourth-order valence-corrected chi connectivity index (χ4v) is 2.00. The Balaban J connectivity index is 2.04. The number of hydrogen-bond acceptors (Lipinski definition) is 5. The first kappa shape index (κ1) is 15.7. The molecule has 0 aliphatic heterocycles. The Kier molecular flexibility index (Phi) is 5.24. The highest BCUT2D eigenvalue weighted by molar-refractivity contribution is 5.94. The molecular weight excluding hydrogens is 286 g/mol. The normalized spacial score (nSPS) is 11.9. The van der Waals surface area contributed by atoms with Crippen molar-refractivity contribution in [2.75, 3.05) is 6.61 Å². The third kappa shape index (κ3) is 4.15. The molecule has 0 amide bonds. The summed E-state index contributed by atoms with van der Waals surface area (Å²) in [4.78, 5) is 22.8. The minimum Gasteiger partial charge on any atom is -0.481 e. The molecule has 1 N–H and O–H groups in total. The standard InChI is InChI=1S/C15H17N3O4/c1-2-22-15(21)13(14(19)20)8-12-10-18(17-16-12)9-11-6-4-3-5-7-11/h3-7,10,13H,2,8-9H2,1H3,(H,19,20). The highest BCUT2D eigenvalue weighted by Gasteiger charge is 2.29. The molecule has 0 fully saturated rings. The van der Waals surface area contributed by atoms with Crippen molar-refractivity contribution in [1.82, 2.24) is 15.0 Å². The van der Waals surface area contributed by atoms with E-state index < -0.39 is 17.9 Å². The number of aromatic nitrogens is 3. The Labute approximate surface area is 127 Å². The van der Waals surface area contributed by atoms with E-state index in [9.17, 15) is 9.59 Å². The molecule has 1 heterocycles. The first-order chi connectivity index (χ1) is 10.6. The smallest absolute Gasteiger partial charge is 0.320 e. The molecule has 0 aliphatic carbocycles. The molecule has 22 heavy (non-hydrogen) atoms. The summed E-state index contributed by atoms with van der Waals surface area (Å²) >= 11 is 0. The molecule has 7 heteroatoms. The molecule has 1 atom stereocenters. The first-order valence-electron chi connectivity index (χ1n) is 6.92. The van der Waals surface area contributed by atoms with Crippen LogP contribution >= 0.6 is 0 Å². The summed E-state index contributed by atoms with van der Waals surface area (Å²) in [5.41, 5.74) is 1.50. The lowest BCUT2D eigenvalue weighted by Gasteiger charge is -2.09. The van der Waals surface area contributed by atoms with Crippen molar-refractivity contribution < 1.29 is 19.4 Å². The van der Waals surface area contributed by atoms with E-state index >= 15 is 0 Å². The summed E-state index contributed by atoms with van der Waals surface area (Å²) in [5.74, 6) is -3.24. The average Bonchev–Trinajstić information content (AvgIpc) is 2.93. The van der Waals surface area contributed by atoms with Crippen LogP contribution in [0, 0.1) is 5.92 Å². The number of ether oxygens (including phenoxy) is 1. The predicted molar refractivity (Wildman–Crippen MR) is 77.0 cm³/mol. The lowest BCUT2D eigenvalue weighted by atomic mass is 10.0. The molecule has 0 bridgehead atoms. The summed E-state index contributed by atoms with van der Waals surface area (Å²) in [5, 5.41) is 17.0. The van der Waals surface area contributed by atoms with Gasteiger partial charge in [-0.05, 0) is 12.5 Å². The van der Waals surface area contributed by atoms with Crippen molar-refractivity contribution in [1.29, 1.82) is 0 Å². The number of benzene rings is 1. The lowest BCUT2D eigenvalue weighted by molar-refractivity contribution is -0.158. The summed E-state index contributed by atoms with van der Waals surface area (Å²) in [6, 6.07) is 9.69. The molecular formula is C15H17N3O4. The fourth-order valence-electron chi connectivity index (χ4n) is 2.00. The maximum atomic E-state index is 11.6. The third-order valence-corrected chi connectivity index (χ3v) is 3.06. The Bertz CT molecular complexity index is 639. The molecule has 0 radical (unpaired) electrons. The van der Waals surface area contributed by atoms with Gasteiger partial charge in [0, 0.05) is 12.6 Å². The number of nitrogens with zero attached hydrogens (tertiary/aromatic N) is 3. The van der Waals surface area contributed by atoms with E-state index in [2.05, 4.69) is 10.3 Å². The number of esters is 1. The number of carbonyl (C=O) groups excluding carboxylic acids is 1. The van der Waals surface area contributed by atoms with Crippen molar-refractivity contribution in [3.8, 4) is 0 Å². The van der Waals surface area contributed by atoms with Crippen LogP contribution in [0.1, 0.15) is 18.2 Å². The van der Waals surface area contributed by atoms with Crippen LogP contribution in [0.15, 0.2) is 36.5 Å². The number of aliphatic carboxylic acids is 1. The van der Waals surface area contributed by atoms with Gasteiger partial charge in [-0.1, -0.05) is 35.5 Å². The quantitative estimate of drug-likeness (QED) is 0.608. The van der Waals surface area contributed by atoms with Crippen LogP contribution in [0.3, 0.4) is 0 Å². The molecule has 0 aliphatic rings. The number of carboxylic acids is 1. The summed E-state index contributed by atoms with van der Waals surface area (Å²) < 4.78 is 6.37.